The number of aromatic nitrogens is 1. The highest BCUT2D eigenvalue weighted by molar-refractivity contribution is 6.03. The molecule has 0 saturated carbocycles. The Morgan fingerprint density at radius 2 is 1.52 bits per heavy atom. The van der Waals surface area contributed by atoms with Gasteiger partial charge >= 0.3 is 0 Å². The van der Waals surface area contributed by atoms with E-state index in [0.717, 1.165) is 5.56 Å². The van der Waals surface area contributed by atoms with Gasteiger partial charge in [-0.2, -0.15) is 0 Å². The number of carbonyl (C=O) groups excluding carboxylic acids is 2. The molecule has 3 rings (SSSR count). The zero-order valence-corrected chi connectivity index (χ0v) is 14.8. The molecule has 0 aliphatic heterocycles. The number of ether oxygens (including phenoxy) is 1. The van der Waals surface area contributed by atoms with Crippen LogP contribution >= 0.6 is 0 Å². The third-order valence-electron chi connectivity index (χ3n) is 3.88. The molecule has 2 N–H and O–H groups in total. The molecule has 136 valence electrons. The van der Waals surface area contributed by atoms with Crippen LogP contribution in [0.25, 0.3) is 0 Å². The molecule has 0 fully saturated rings. The zero-order chi connectivity index (χ0) is 19.1. The Labute approximate surface area is 157 Å². The third kappa shape index (κ3) is 4.70. The number of anilines is 1. The molecule has 27 heavy (non-hydrogen) atoms. The molecule has 6 nitrogen and oxygen atoms in total. The van der Waals surface area contributed by atoms with Gasteiger partial charge in [0.2, 0.25) is 0 Å². The number of para-hydroxylation sites is 2. The highest BCUT2D eigenvalue weighted by atomic mass is 16.5. The first kappa shape index (κ1) is 18.1. The molecule has 1 heterocycles. The van der Waals surface area contributed by atoms with Crippen molar-refractivity contribution in [1.82, 2.24) is 10.3 Å². The summed E-state index contributed by atoms with van der Waals surface area (Å²) in [6.45, 7) is 0.297. The van der Waals surface area contributed by atoms with Crippen LogP contribution in [0.1, 0.15) is 26.5 Å². The average Bonchev–Trinajstić information content (AvgIpc) is 2.73. The minimum absolute atomic E-state index is 0.170. The first-order valence-electron chi connectivity index (χ1n) is 8.41. The number of carbonyl (C=O) groups is 2. The topological polar surface area (TPSA) is 80.3 Å². The average molecular weight is 361 g/mol. The molecule has 6 heteroatoms. The number of hydrogen-bond acceptors (Lipinski definition) is 4. The number of benzene rings is 2. The summed E-state index contributed by atoms with van der Waals surface area (Å²) in [6, 6.07) is 21.3. The maximum Gasteiger partial charge on any atom is 0.274 e. The largest absolute Gasteiger partial charge is 0.496 e. The van der Waals surface area contributed by atoms with E-state index >= 15 is 0 Å². The standard InChI is InChI=1S/C21H19N3O3/c1-27-19-13-6-5-8-15(19)14-22-20(25)17-11-7-12-18(24-17)21(26)23-16-9-3-2-4-10-16/h2-13H,14H2,1H3,(H,22,25)(H,23,26). The van der Waals surface area contributed by atoms with E-state index in [9.17, 15) is 9.59 Å². The Morgan fingerprint density at radius 3 is 2.26 bits per heavy atom. The van der Waals surface area contributed by atoms with Gasteiger partial charge in [-0.15, -0.1) is 0 Å². The lowest BCUT2D eigenvalue weighted by Gasteiger charge is -2.10. The number of nitrogens with one attached hydrogen (secondary N) is 2. The molecule has 0 unspecified atom stereocenters. The highest BCUT2D eigenvalue weighted by Crippen LogP contribution is 2.17. The minimum Gasteiger partial charge on any atom is -0.496 e. The van der Waals surface area contributed by atoms with Crippen LogP contribution in [-0.2, 0) is 6.54 Å². The quantitative estimate of drug-likeness (QED) is 0.706. The van der Waals surface area contributed by atoms with Gasteiger partial charge in [-0.05, 0) is 30.3 Å². The van der Waals surface area contributed by atoms with E-state index in [4.69, 9.17) is 4.74 Å². The fourth-order valence-corrected chi connectivity index (χ4v) is 2.52. The van der Waals surface area contributed by atoms with Crippen molar-refractivity contribution in [3.05, 3.63) is 89.7 Å². The monoisotopic (exact) mass is 361 g/mol. The van der Waals surface area contributed by atoms with Gasteiger partial charge < -0.3 is 15.4 Å². The molecular formula is C21H19N3O3. The molecule has 0 radical (unpaired) electrons. The zero-order valence-electron chi connectivity index (χ0n) is 14.8. The van der Waals surface area contributed by atoms with Crippen molar-refractivity contribution in [3.63, 3.8) is 0 Å². The van der Waals surface area contributed by atoms with Gasteiger partial charge in [-0.1, -0.05) is 42.5 Å². The molecule has 3 aromatic rings. The van der Waals surface area contributed by atoms with Gasteiger partial charge in [0.25, 0.3) is 11.8 Å². The number of nitrogens with zero attached hydrogens (tertiary/aromatic N) is 1. The molecule has 0 aliphatic carbocycles. The van der Waals surface area contributed by atoms with Crippen molar-refractivity contribution in [3.8, 4) is 5.75 Å². The summed E-state index contributed by atoms with van der Waals surface area (Å²) in [5.74, 6) is -0.0439. The first-order valence-corrected chi connectivity index (χ1v) is 8.41. The Morgan fingerprint density at radius 1 is 0.852 bits per heavy atom. The SMILES string of the molecule is COc1ccccc1CNC(=O)c1cccc(C(=O)Nc2ccccc2)n1. The van der Waals surface area contributed by atoms with Gasteiger partial charge in [0.1, 0.15) is 17.1 Å². The van der Waals surface area contributed by atoms with Crippen LogP contribution in [0, 0.1) is 0 Å². The van der Waals surface area contributed by atoms with E-state index in [2.05, 4.69) is 15.6 Å². The van der Waals surface area contributed by atoms with Crippen LogP contribution in [0.5, 0.6) is 5.75 Å². The maximum atomic E-state index is 12.4. The number of amides is 2. The molecular weight excluding hydrogens is 342 g/mol. The second-order valence-electron chi connectivity index (χ2n) is 5.72. The third-order valence-corrected chi connectivity index (χ3v) is 3.88. The van der Waals surface area contributed by atoms with Crippen molar-refractivity contribution in [2.45, 2.75) is 6.54 Å². The second-order valence-corrected chi connectivity index (χ2v) is 5.72. The highest BCUT2D eigenvalue weighted by Gasteiger charge is 2.13. The molecule has 2 amide bonds. The van der Waals surface area contributed by atoms with Crippen LogP contribution in [0.4, 0.5) is 5.69 Å². The summed E-state index contributed by atoms with van der Waals surface area (Å²) >= 11 is 0. The van der Waals surface area contributed by atoms with Crippen molar-refractivity contribution >= 4 is 17.5 Å². The molecule has 0 saturated heterocycles. The molecule has 0 aliphatic rings. The number of pyridine rings is 1. The van der Waals surface area contributed by atoms with Crippen molar-refractivity contribution in [2.75, 3.05) is 12.4 Å². The molecule has 1 aromatic heterocycles. The first-order chi connectivity index (χ1) is 13.2. The normalized spacial score (nSPS) is 10.1. The van der Waals surface area contributed by atoms with E-state index in [1.807, 2.05) is 42.5 Å². The maximum absolute atomic E-state index is 12.4. The summed E-state index contributed by atoms with van der Waals surface area (Å²) in [5.41, 5.74) is 1.86. The van der Waals surface area contributed by atoms with Crippen LogP contribution in [0.2, 0.25) is 0 Å². The number of rotatable bonds is 6. The van der Waals surface area contributed by atoms with E-state index in [1.165, 1.54) is 0 Å². The molecule has 0 bridgehead atoms. The molecule has 0 atom stereocenters. The van der Waals surface area contributed by atoms with Crippen molar-refractivity contribution in [2.24, 2.45) is 0 Å². The molecule has 0 spiro atoms. The minimum atomic E-state index is -0.374. The summed E-state index contributed by atoms with van der Waals surface area (Å²) in [6.07, 6.45) is 0. The molecule has 2 aromatic carbocycles. The summed E-state index contributed by atoms with van der Waals surface area (Å²) in [7, 11) is 1.58. The predicted molar refractivity (Wildman–Crippen MR) is 103 cm³/mol. The van der Waals surface area contributed by atoms with Crippen LogP contribution < -0.4 is 15.4 Å². The lowest BCUT2D eigenvalue weighted by Crippen LogP contribution is -2.25. The van der Waals surface area contributed by atoms with Gasteiger partial charge in [0, 0.05) is 17.8 Å². The Hall–Kier alpha value is -3.67. The van der Waals surface area contributed by atoms with Gasteiger partial charge in [0.05, 0.1) is 7.11 Å². The number of hydrogen-bond donors (Lipinski definition) is 2. The van der Waals surface area contributed by atoms with Crippen LogP contribution in [0.3, 0.4) is 0 Å². The second kappa shape index (κ2) is 8.62. The lowest BCUT2D eigenvalue weighted by atomic mass is 10.2. The van der Waals surface area contributed by atoms with E-state index < -0.39 is 0 Å². The van der Waals surface area contributed by atoms with Gasteiger partial charge in [0.15, 0.2) is 0 Å². The summed E-state index contributed by atoms with van der Waals surface area (Å²) < 4.78 is 5.27. The fraction of sp³-hybridized carbons (Fsp3) is 0.0952. The Bertz CT molecular complexity index is 942. The summed E-state index contributed by atoms with van der Waals surface area (Å²) in [5, 5.41) is 5.54. The van der Waals surface area contributed by atoms with Gasteiger partial charge in [-0.3, -0.25) is 9.59 Å². The van der Waals surface area contributed by atoms with E-state index in [1.54, 1.807) is 37.4 Å². The lowest BCUT2D eigenvalue weighted by molar-refractivity contribution is 0.0945. The van der Waals surface area contributed by atoms with Crippen molar-refractivity contribution < 1.29 is 14.3 Å². The Kier molecular flexibility index (Phi) is 5.79. The van der Waals surface area contributed by atoms with Gasteiger partial charge in [-0.25, -0.2) is 4.98 Å². The van der Waals surface area contributed by atoms with Crippen LogP contribution in [-0.4, -0.2) is 23.9 Å². The van der Waals surface area contributed by atoms with E-state index in [-0.39, 0.29) is 23.2 Å². The smallest absolute Gasteiger partial charge is 0.274 e. The fourth-order valence-electron chi connectivity index (χ4n) is 2.52. The Balaban J connectivity index is 1.67. The van der Waals surface area contributed by atoms with Crippen LogP contribution in [0.15, 0.2) is 72.8 Å². The van der Waals surface area contributed by atoms with E-state index in [0.29, 0.717) is 18.0 Å². The number of methoxy groups -OCH3 is 1. The predicted octanol–water partition coefficient (Wildman–Crippen LogP) is 3.27. The summed E-state index contributed by atoms with van der Waals surface area (Å²) in [4.78, 5) is 28.9. The van der Waals surface area contributed by atoms with Crippen molar-refractivity contribution in [1.29, 1.82) is 0 Å².